The summed E-state index contributed by atoms with van der Waals surface area (Å²) < 4.78 is 40.5. The van der Waals surface area contributed by atoms with Gasteiger partial charge in [-0.1, -0.05) is 54.6 Å². The first-order valence-corrected chi connectivity index (χ1v) is 8.49. The maximum Gasteiger partial charge on any atom is 0.416 e. The zero-order valence-corrected chi connectivity index (χ0v) is 14.0. The lowest BCUT2D eigenvalue weighted by atomic mass is 10.0. The molecule has 27 heavy (non-hydrogen) atoms. The zero-order valence-electron chi connectivity index (χ0n) is 14.0. The molecule has 0 aliphatic rings. The van der Waals surface area contributed by atoms with E-state index in [0.717, 1.165) is 45.0 Å². The minimum absolute atomic E-state index is 0.658. The van der Waals surface area contributed by atoms with Crippen LogP contribution in [-0.2, 0) is 6.18 Å². The van der Waals surface area contributed by atoms with Gasteiger partial charge in [-0.25, -0.2) is 4.52 Å². The van der Waals surface area contributed by atoms with Gasteiger partial charge in [-0.2, -0.15) is 18.3 Å². The van der Waals surface area contributed by atoms with Crippen LogP contribution in [0.2, 0.25) is 0 Å². The molecule has 0 fully saturated rings. The summed E-state index contributed by atoms with van der Waals surface area (Å²) >= 11 is 0. The number of pyridine rings is 1. The predicted octanol–water partition coefficient (Wildman–Crippen LogP) is 6.33. The molecule has 0 spiro atoms. The molecule has 2 heterocycles. The second-order valence-electron chi connectivity index (χ2n) is 6.47. The van der Waals surface area contributed by atoms with Crippen molar-refractivity contribution in [1.82, 2.24) is 9.61 Å². The number of benzene rings is 3. The molecular formula is C22H13F3N2. The fourth-order valence-corrected chi connectivity index (χ4v) is 3.55. The highest BCUT2D eigenvalue weighted by atomic mass is 19.4. The van der Waals surface area contributed by atoms with Gasteiger partial charge >= 0.3 is 6.18 Å². The summed E-state index contributed by atoms with van der Waals surface area (Å²) in [6.45, 7) is 0. The lowest BCUT2D eigenvalue weighted by Crippen LogP contribution is -2.04. The molecule has 0 radical (unpaired) electrons. The second kappa shape index (κ2) is 5.58. The summed E-state index contributed by atoms with van der Waals surface area (Å²) in [5.41, 5.74) is 2.59. The molecule has 2 aromatic heterocycles. The van der Waals surface area contributed by atoms with Crippen LogP contribution in [0.3, 0.4) is 0 Å². The molecule has 0 N–H and O–H groups in total. The van der Waals surface area contributed by atoms with Gasteiger partial charge in [0.1, 0.15) is 0 Å². The van der Waals surface area contributed by atoms with Gasteiger partial charge in [0.05, 0.1) is 22.3 Å². The third-order valence-corrected chi connectivity index (χ3v) is 4.82. The Labute approximate surface area is 152 Å². The van der Waals surface area contributed by atoms with Crippen LogP contribution in [0.15, 0.2) is 78.9 Å². The van der Waals surface area contributed by atoms with Gasteiger partial charge < -0.3 is 0 Å². The lowest BCUT2D eigenvalue weighted by molar-refractivity contribution is -0.137. The van der Waals surface area contributed by atoms with Crippen LogP contribution in [0.4, 0.5) is 13.2 Å². The highest BCUT2D eigenvalue weighted by Crippen LogP contribution is 2.34. The summed E-state index contributed by atoms with van der Waals surface area (Å²) in [4.78, 5) is 0. The quantitative estimate of drug-likeness (QED) is 0.341. The minimum atomic E-state index is -4.35. The Balaban J connectivity index is 1.86. The summed E-state index contributed by atoms with van der Waals surface area (Å²) in [6.07, 6.45) is -4.35. The summed E-state index contributed by atoms with van der Waals surface area (Å²) in [5, 5.41) is 7.80. The molecule has 5 aromatic rings. The number of halogens is 3. The first-order chi connectivity index (χ1) is 13.0. The third kappa shape index (κ3) is 2.46. The largest absolute Gasteiger partial charge is 0.416 e. The molecule has 0 bridgehead atoms. The molecule has 0 unspecified atom stereocenters. The minimum Gasteiger partial charge on any atom is -0.231 e. The van der Waals surface area contributed by atoms with Gasteiger partial charge in [-0.05, 0) is 29.7 Å². The van der Waals surface area contributed by atoms with Crippen LogP contribution in [0.25, 0.3) is 38.4 Å². The normalized spacial score (nSPS) is 12.3. The molecule has 0 atom stereocenters. The highest BCUT2D eigenvalue weighted by molar-refractivity contribution is 6.10. The third-order valence-electron chi connectivity index (χ3n) is 4.82. The van der Waals surface area contributed by atoms with E-state index in [0.29, 0.717) is 5.56 Å². The maximum absolute atomic E-state index is 12.9. The molecule has 132 valence electrons. The van der Waals surface area contributed by atoms with Crippen molar-refractivity contribution in [3.8, 4) is 11.3 Å². The number of alkyl halides is 3. The van der Waals surface area contributed by atoms with Crippen LogP contribution in [0.1, 0.15) is 5.56 Å². The molecule has 3 aromatic carbocycles. The first-order valence-electron chi connectivity index (χ1n) is 8.49. The number of nitrogens with zero attached hydrogens (tertiary/aromatic N) is 2. The Morgan fingerprint density at radius 3 is 2.15 bits per heavy atom. The van der Waals surface area contributed by atoms with Gasteiger partial charge in [-0.3, -0.25) is 0 Å². The monoisotopic (exact) mass is 362 g/mol. The summed E-state index contributed by atoms with van der Waals surface area (Å²) in [5.74, 6) is 0. The van der Waals surface area contributed by atoms with Crippen LogP contribution in [0.5, 0.6) is 0 Å². The average Bonchev–Trinajstić information content (AvgIpc) is 3.07. The fraction of sp³-hybridized carbons (Fsp3) is 0.0455. The molecule has 0 saturated heterocycles. The Morgan fingerprint density at radius 1 is 0.741 bits per heavy atom. The van der Waals surface area contributed by atoms with Crippen molar-refractivity contribution in [2.24, 2.45) is 0 Å². The van der Waals surface area contributed by atoms with E-state index in [1.54, 1.807) is 0 Å². The number of rotatable bonds is 1. The van der Waals surface area contributed by atoms with Crippen LogP contribution >= 0.6 is 0 Å². The van der Waals surface area contributed by atoms with E-state index in [1.807, 2.05) is 59.1 Å². The van der Waals surface area contributed by atoms with Crippen LogP contribution < -0.4 is 0 Å². The van der Waals surface area contributed by atoms with Crippen molar-refractivity contribution in [3.63, 3.8) is 0 Å². The standard InChI is InChI=1S/C22H13F3N2/c23-22(24,25)16-11-9-14(10-12-16)20-13-15-5-1-2-6-17(15)21-18-7-3-4-8-19(18)26-27(20)21/h1-13H. The highest BCUT2D eigenvalue weighted by Gasteiger charge is 2.30. The summed E-state index contributed by atoms with van der Waals surface area (Å²) in [7, 11) is 0. The van der Waals surface area contributed by atoms with Crippen LogP contribution in [-0.4, -0.2) is 9.61 Å². The average molecular weight is 362 g/mol. The number of aromatic nitrogens is 2. The van der Waals surface area contributed by atoms with Gasteiger partial charge in [0, 0.05) is 16.3 Å². The van der Waals surface area contributed by atoms with E-state index in [4.69, 9.17) is 5.10 Å². The van der Waals surface area contributed by atoms with E-state index < -0.39 is 11.7 Å². The lowest BCUT2D eigenvalue weighted by Gasteiger charge is -2.11. The van der Waals surface area contributed by atoms with Crippen molar-refractivity contribution in [3.05, 3.63) is 84.4 Å². The topological polar surface area (TPSA) is 17.3 Å². The van der Waals surface area contributed by atoms with Crippen LogP contribution in [0, 0.1) is 0 Å². The fourth-order valence-electron chi connectivity index (χ4n) is 3.55. The molecular weight excluding hydrogens is 349 g/mol. The summed E-state index contributed by atoms with van der Waals surface area (Å²) in [6, 6.07) is 23.0. The van der Waals surface area contributed by atoms with Crippen molar-refractivity contribution in [1.29, 1.82) is 0 Å². The maximum atomic E-state index is 12.9. The van der Waals surface area contributed by atoms with Crippen molar-refractivity contribution in [2.45, 2.75) is 6.18 Å². The Bertz CT molecular complexity index is 1300. The molecule has 0 amide bonds. The molecule has 2 nitrogen and oxygen atoms in total. The van der Waals surface area contributed by atoms with Gasteiger partial charge in [0.2, 0.25) is 0 Å². The molecule has 0 aliphatic heterocycles. The van der Waals surface area contributed by atoms with Gasteiger partial charge in [0.15, 0.2) is 0 Å². The number of hydrogen-bond acceptors (Lipinski definition) is 1. The van der Waals surface area contributed by atoms with E-state index in [9.17, 15) is 13.2 Å². The van der Waals surface area contributed by atoms with E-state index in [-0.39, 0.29) is 0 Å². The van der Waals surface area contributed by atoms with Gasteiger partial charge in [0.25, 0.3) is 0 Å². The molecule has 0 aliphatic carbocycles. The number of fused-ring (bicyclic) bond motifs is 5. The number of hydrogen-bond donors (Lipinski definition) is 0. The van der Waals surface area contributed by atoms with E-state index in [2.05, 4.69) is 0 Å². The molecule has 5 heteroatoms. The van der Waals surface area contributed by atoms with Crippen molar-refractivity contribution >= 4 is 27.2 Å². The zero-order chi connectivity index (χ0) is 18.6. The smallest absolute Gasteiger partial charge is 0.231 e. The predicted molar refractivity (Wildman–Crippen MR) is 101 cm³/mol. The molecule has 5 rings (SSSR count). The van der Waals surface area contributed by atoms with Crippen molar-refractivity contribution < 1.29 is 13.2 Å². The van der Waals surface area contributed by atoms with E-state index >= 15 is 0 Å². The Morgan fingerprint density at radius 2 is 1.41 bits per heavy atom. The van der Waals surface area contributed by atoms with E-state index in [1.165, 1.54) is 12.1 Å². The van der Waals surface area contributed by atoms with Gasteiger partial charge in [-0.15, -0.1) is 0 Å². The molecule has 0 saturated carbocycles. The SMILES string of the molecule is FC(F)(F)c1ccc(-c2cc3ccccc3c3c4ccccc4nn23)cc1. The first kappa shape index (κ1) is 15.9. The second-order valence-corrected chi connectivity index (χ2v) is 6.47. The Hall–Kier alpha value is -3.34. The van der Waals surface area contributed by atoms with Crippen molar-refractivity contribution in [2.75, 3.05) is 0 Å². The Kier molecular flexibility index (Phi) is 3.28.